The molecule has 2 aromatic heterocycles. The van der Waals surface area contributed by atoms with Crippen LogP contribution in [0.15, 0.2) is 23.1 Å². The first-order chi connectivity index (χ1) is 7.90. The van der Waals surface area contributed by atoms with Crippen molar-refractivity contribution in [1.29, 1.82) is 5.26 Å². The van der Waals surface area contributed by atoms with Crippen LogP contribution in [-0.2, 0) is 6.42 Å². The van der Waals surface area contributed by atoms with Crippen molar-refractivity contribution < 1.29 is 4.52 Å². The van der Waals surface area contributed by atoms with E-state index in [0.717, 1.165) is 0 Å². The number of anilines is 1. The number of nitrogens with one attached hydrogen (secondary N) is 1. The first-order valence-corrected chi connectivity index (χ1v) is 4.61. The van der Waals surface area contributed by atoms with Gasteiger partial charge in [-0.15, -0.1) is 5.10 Å². The zero-order valence-electron chi connectivity index (χ0n) is 8.29. The Morgan fingerprint density at radius 3 is 3.19 bits per heavy atom. The van der Waals surface area contributed by atoms with Gasteiger partial charge in [-0.2, -0.15) is 15.3 Å². The van der Waals surface area contributed by atoms with Crippen LogP contribution in [0.2, 0.25) is 0 Å². The molecule has 1 N–H and O–H groups in total. The van der Waals surface area contributed by atoms with Crippen LogP contribution in [-0.4, -0.2) is 26.9 Å². The highest BCUT2D eigenvalue weighted by Gasteiger charge is 2.03. The molecule has 0 spiro atoms. The van der Waals surface area contributed by atoms with E-state index in [1.165, 1.54) is 12.5 Å². The van der Waals surface area contributed by atoms with E-state index in [9.17, 15) is 0 Å². The van der Waals surface area contributed by atoms with Crippen molar-refractivity contribution in [3.8, 4) is 6.07 Å². The first kappa shape index (κ1) is 10.0. The predicted molar refractivity (Wildman–Crippen MR) is 53.2 cm³/mol. The van der Waals surface area contributed by atoms with Crippen LogP contribution in [0.4, 0.5) is 5.82 Å². The van der Waals surface area contributed by atoms with E-state index in [1.54, 1.807) is 6.07 Å². The number of hydrogen-bond acceptors (Lipinski definition) is 7. The molecular formula is C9H8N6O. The zero-order chi connectivity index (χ0) is 11.2. The minimum Gasteiger partial charge on any atom is -0.367 e. The van der Waals surface area contributed by atoms with E-state index >= 15 is 0 Å². The third-order valence-corrected chi connectivity index (χ3v) is 1.88. The van der Waals surface area contributed by atoms with E-state index in [4.69, 9.17) is 9.78 Å². The Morgan fingerprint density at radius 1 is 1.50 bits per heavy atom. The van der Waals surface area contributed by atoms with Crippen LogP contribution >= 0.6 is 0 Å². The van der Waals surface area contributed by atoms with Crippen LogP contribution in [0.1, 0.15) is 11.5 Å². The van der Waals surface area contributed by atoms with Crippen molar-refractivity contribution in [3.63, 3.8) is 0 Å². The molecule has 0 atom stereocenters. The fourth-order valence-corrected chi connectivity index (χ4v) is 1.15. The molecule has 2 heterocycles. The SMILES string of the molecule is N#Cc1ccnnc1NCCc1ncno1. The fourth-order valence-electron chi connectivity index (χ4n) is 1.15. The summed E-state index contributed by atoms with van der Waals surface area (Å²) in [4.78, 5) is 3.87. The summed E-state index contributed by atoms with van der Waals surface area (Å²) in [6.07, 6.45) is 3.39. The van der Waals surface area contributed by atoms with Gasteiger partial charge in [0, 0.05) is 13.0 Å². The molecule has 0 saturated carbocycles. The molecule has 0 saturated heterocycles. The standard InChI is InChI=1S/C9H8N6O/c10-5-7-1-4-13-15-9(7)11-3-2-8-12-6-14-16-8/h1,4,6H,2-3H2,(H,11,15). The Hall–Kier alpha value is -2.49. The molecule has 0 aliphatic heterocycles. The second-order valence-electron chi connectivity index (χ2n) is 2.92. The topological polar surface area (TPSA) is 101 Å². The lowest BCUT2D eigenvalue weighted by molar-refractivity contribution is 0.379. The van der Waals surface area contributed by atoms with Gasteiger partial charge in [0.05, 0.1) is 11.8 Å². The molecule has 0 aliphatic carbocycles. The molecule has 0 bridgehead atoms. The monoisotopic (exact) mass is 216 g/mol. The second-order valence-corrected chi connectivity index (χ2v) is 2.92. The average Bonchev–Trinajstić information content (AvgIpc) is 2.83. The van der Waals surface area contributed by atoms with Crippen molar-refractivity contribution in [2.75, 3.05) is 11.9 Å². The average molecular weight is 216 g/mol. The first-order valence-electron chi connectivity index (χ1n) is 4.61. The van der Waals surface area contributed by atoms with Gasteiger partial charge in [0.25, 0.3) is 0 Å². The summed E-state index contributed by atoms with van der Waals surface area (Å²) in [5, 5.41) is 22.8. The number of hydrogen-bond donors (Lipinski definition) is 1. The maximum absolute atomic E-state index is 8.80. The van der Waals surface area contributed by atoms with Crippen LogP contribution in [0.5, 0.6) is 0 Å². The van der Waals surface area contributed by atoms with E-state index in [2.05, 4.69) is 25.7 Å². The van der Waals surface area contributed by atoms with Crippen LogP contribution in [0.3, 0.4) is 0 Å². The lowest BCUT2D eigenvalue weighted by Crippen LogP contribution is -2.08. The minimum atomic E-state index is 0.459. The maximum Gasteiger partial charge on any atom is 0.228 e. The third-order valence-electron chi connectivity index (χ3n) is 1.88. The summed E-state index contributed by atoms with van der Waals surface area (Å²) >= 11 is 0. The maximum atomic E-state index is 8.80. The molecule has 80 valence electrons. The van der Waals surface area contributed by atoms with Gasteiger partial charge in [-0.3, -0.25) is 0 Å². The molecule has 0 amide bonds. The predicted octanol–water partition coefficient (Wildman–Crippen LogP) is 0.386. The Balaban J connectivity index is 1.93. The molecule has 0 fully saturated rings. The van der Waals surface area contributed by atoms with Crippen molar-refractivity contribution in [1.82, 2.24) is 20.3 Å². The van der Waals surface area contributed by atoms with Gasteiger partial charge in [0.2, 0.25) is 5.89 Å². The number of aromatic nitrogens is 4. The van der Waals surface area contributed by atoms with Gasteiger partial charge in [-0.1, -0.05) is 5.16 Å². The van der Waals surface area contributed by atoms with Crippen molar-refractivity contribution in [2.24, 2.45) is 0 Å². The molecule has 7 heteroatoms. The Kier molecular flexibility index (Phi) is 3.04. The summed E-state index contributed by atoms with van der Waals surface area (Å²) in [5.74, 6) is 0.999. The summed E-state index contributed by atoms with van der Waals surface area (Å²) in [6, 6.07) is 3.62. The van der Waals surface area contributed by atoms with Crippen LogP contribution < -0.4 is 5.32 Å². The summed E-state index contributed by atoms with van der Waals surface area (Å²) < 4.78 is 4.83. The largest absolute Gasteiger partial charge is 0.367 e. The number of nitriles is 1. The molecule has 16 heavy (non-hydrogen) atoms. The minimum absolute atomic E-state index is 0.459. The smallest absolute Gasteiger partial charge is 0.228 e. The highest BCUT2D eigenvalue weighted by Crippen LogP contribution is 2.07. The Bertz CT molecular complexity index is 489. The Morgan fingerprint density at radius 2 is 2.44 bits per heavy atom. The normalized spacial score (nSPS) is 9.69. The number of rotatable bonds is 4. The van der Waals surface area contributed by atoms with Gasteiger partial charge in [-0.25, -0.2) is 0 Å². The number of nitrogens with zero attached hydrogens (tertiary/aromatic N) is 5. The second kappa shape index (κ2) is 4.84. The van der Waals surface area contributed by atoms with E-state index in [-0.39, 0.29) is 0 Å². The van der Waals surface area contributed by atoms with Crippen molar-refractivity contribution in [2.45, 2.75) is 6.42 Å². The molecule has 2 aromatic rings. The lowest BCUT2D eigenvalue weighted by atomic mass is 10.3. The van der Waals surface area contributed by atoms with Crippen molar-refractivity contribution >= 4 is 5.82 Å². The van der Waals surface area contributed by atoms with Crippen LogP contribution in [0, 0.1) is 11.3 Å². The molecule has 0 aromatic carbocycles. The van der Waals surface area contributed by atoms with Gasteiger partial charge in [0.1, 0.15) is 6.07 Å². The summed E-state index contributed by atoms with van der Waals surface area (Å²) in [7, 11) is 0. The summed E-state index contributed by atoms with van der Waals surface area (Å²) in [6.45, 7) is 0.551. The van der Waals surface area contributed by atoms with Gasteiger partial charge < -0.3 is 9.84 Å². The van der Waals surface area contributed by atoms with Crippen molar-refractivity contribution in [3.05, 3.63) is 30.0 Å². The van der Waals surface area contributed by atoms with Gasteiger partial charge >= 0.3 is 0 Å². The Labute approximate surface area is 91.1 Å². The molecule has 0 unspecified atom stereocenters. The fraction of sp³-hybridized carbons (Fsp3) is 0.222. The van der Waals surface area contributed by atoms with Gasteiger partial charge in [0.15, 0.2) is 12.1 Å². The van der Waals surface area contributed by atoms with Gasteiger partial charge in [-0.05, 0) is 6.07 Å². The third kappa shape index (κ3) is 2.30. The van der Waals surface area contributed by atoms with E-state index in [1.807, 2.05) is 6.07 Å². The van der Waals surface area contributed by atoms with E-state index in [0.29, 0.717) is 30.2 Å². The zero-order valence-corrected chi connectivity index (χ0v) is 8.29. The van der Waals surface area contributed by atoms with E-state index < -0.39 is 0 Å². The molecule has 0 aliphatic rings. The molecule has 0 radical (unpaired) electrons. The molecule has 2 rings (SSSR count). The summed E-state index contributed by atoms with van der Waals surface area (Å²) in [5.41, 5.74) is 0.459. The molecule has 7 nitrogen and oxygen atoms in total. The quantitative estimate of drug-likeness (QED) is 0.788. The lowest BCUT2D eigenvalue weighted by Gasteiger charge is -2.03. The highest BCUT2D eigenvalue weighted by atomic mass is 16.5. The van der Waals surface area contributed by atoms with Crippen LogP contribution in [0.25, 0.3) is 0 Å². The highest BCUT2D eigenvalue weighted by molar-refractivity contribution is 5.49. The molecular weight excluding hydrogens is 208 g/mol.